The maximum atomic E-state index is 14.0. The van der Waals surface area contributed by atoms with Crippen LogP contribution in [0, 0.1) is 11.6 Å². The van der Waals surface area contributed by atoms with Crippen molar-refractivity contribution in [3.8, 4) is 20.9 Å². The Kier molecular flexibility index (Phi) is 5.93. The molecule has 0 spiro atoms. The average Bonchev–Trinajstić information content (AvgIpc) is 3.44. The van der Waals surface area contributed by atoms with Gasteiger partial charge in [-0.15, -0.1) is 11.3 Å². The summed E-state index contributed by atoms with van der Waals surface area (Å²) in [5.74, 6) is -2.05. The third-order valence-electron chi connectivity index (χ3n) is 5.72. The Morgan fingerprint density at radius 1 is 0.972 bits per heavy atom. The van der Waals surface area contributed by atoms with Crippen molar-refractivity contribution >= 4 is 43.7 Å². The lowest BCUT2D eigenvalue weighted by Crippen LogP contribution is -2.15. The molecule has 182 valence electrons. The van der Waals surface area contributed by atoms with Crippen LogP contribution in [0.15, 0.2) is 78.1 Å². The number of fused-ring (bicyclic) bond motifs is 1. The Hall–Kier alpha value is -3.89. The van der Waals surface area contributed by atoms with E-state index < -0.39 is 26.6 Å². The number of rotatable bonds is 6. The first-order chi connectivity index (χ1) is 17.1. The number of hydrogen-bond acceptors (Lipinski definition) is 5. The molecule has 0 fully saturated rings. The molecule has 3 heterocycles. The molecule has 36 heavy (non-hydrogen) atoms. The maximum Gasteiger partial charge on any atom is 0.264 e. The van der Waals surface area contributed by atoms with E-state index in [9.17, 15) is 22.0 Å². The van der Waals surface area contributed by atoms with Gasteiger partial charge in [0.2, 0.25) is 0 Å². The number of halogens is 2. The largest absolute Gasteiger partial charge is 0.350 e. The zero-order valence-electron chi connectivity index (χ0n) is 19.1. The fraction of sp³-hybridized carbons (Fsp3) is 0.0769. The summed E-state index contributed by atoms with van der Waals surface area (Å²) in [7, 11) is -2.39. The molecule has 0 atom stereocenters. The zero-order chi connectivity index (χ0) is 25.6. The summed E-state index contributed by atoms with van der Waals surface area (Å²) in [5.41, 5.74) is 3.37. The van der Waals surface area contributed by atoms with Crippen molar-refractivity contribution in [1.82, 2.24) is 9.55 Å². The Morgan fingerprint density at radius 2 is 1.72 bits per heavy atom. The van der Waals surface area contributed by atoms with Crippen LogP contribution in [0.1, 0.15) is 17.3 Å². The molecule has 0 unspecified atom stereocenters. The van der Waals surface area contributed by atoms with Gasteiger partial charge < -0.3 is 4.57 Å². The molecule has 0 aliphatic heterocycles. The number of aromatic nitrogens is 2. The lowest BCUT2D eigenvalue weighted by molar-refractivity contribution is 0.101. The van der Waals surface area contributed by atoms with Gasteiger partial charge in [0.1, 0.15) is 16.5 Å². The molecule has 0 aliphatic carbocycles. The number of Topliss-reactive ketones (excluding diaryl/α,β-unsaturated/α-hetero) is 1. The van der Waals surface area contributed by atoms with Gasteiger partial charge in [-0.1, -0.05) is 6.07 Å². The Morgan fingerprint density at radius 3 is 2.44 bits per heavy atom. The number of carbonyl (C=O) groups excluding carboxylic acids is 1. The van der Waals surface area contributed by atoms with Gasteiger partial charge in [0.05, 0.1) is 11.9 Å². The van der Waals surface area contributed by atoms with Gasteiger partial charge in [-0.2, -0.15) is 0 Å². The number of sulfonamides is 1. The van der Waals surface area contributed by atoms with E-state index in [1.54, 1.807) is 19.2 Å². The molecule has 0 amide bonds. The minimum absolute atomic E-state index is 0.00419. The number of carbonyl (C=O) groups is 1. The van der Waals surface area contributed by atoms with Gasteiger partial charge in [0.15, 0.2) is 5.78 Å². The summed E-state index contributed by atoms with van der Waals surface area (Å²) in [5, 5.41) is 0.878. The molecule has 0 aliphatic rings. The minimum atomic E-state index is -4.29. The van der Waals surface area contributed by atoms with E-state index in [0.717, 1.165) is 38.4 Å². The van der Waals surface area contributed by atoms with E-state index in [2.05, 4.69) is 9.71 Å². The van der Waals surface area contributed by atoms with E-state index >= 15 is 0 Å². The van der Waals surface area contributed by atoms with Crippen LogP contribution in [0.25, 0.3) is 31.8 Å². The van der Waals surface area contributed by atoms with Gasteiger partial charge >= 0.3 is 0 Å². The standard InChI is InChI=1S/C26H19F2N3O3S2/c1-15(32)21-14-31(2)23-5-3-16(10-20(21)23)24-6-7-25(35-24)17-9-19(13-29-12-17)30-36(33,34)26-8-4-18(27)11-22(26)28/h3-14,30H,1-2H3. The van der Waals surface area contributed by atoms with E-state index in [1.807, 2.05) is 48.1 Å². The number of ketones is 1. The Bertz CT molecular complexity index is 1760. The predicted octanol–water partition coefficient (Wildman–Crippen LogP) is 6.25. The smallest absolute Gasteiger partial charge is 0.264 e. The van der Waals surface area contributed by atoms with Crippen molar-refractivity contribution in [3.05, 3.63) is 90.4 Å². The normalized spacial score (nSPS) is 11.7. The molecule has 2 aromatic carbocycles. The highest BCUT2D eigenvalue weighted by atomic mass is 32.2. The molecule has 5 aromatic rings. The van der Waals surface area contributed by atoms with Gasteiger partial charge in [-0.05, 0) is 55.0 Å². The number of nitrogens with zero attached hydrogens (tertiary/aromatic N) is 2. The van der Waals surface area contributed by atoms with Gasteiger partial charge in [-0.25, -0.2) is 17.2 Å². The van der Waals surface area contributed by atoms with Crippen LogP contribution in [-0.4, -0.2) is 23.8 Å². The highest BCUT2D eigenvalue weighted by Crippen LogP contribution is 2.37. The number of hydrogen-bond donors (Lipinski definition) is 1. The fourth-order valence-electron chi connectivity index (χ4n) is 4.01. The average molecular weight is 524 g/mol. The highest BCUT2D eigenvalue weighted by Gasteiger charge is 2.20. The molecule has 0 bridgehead atoms. The van der Waals surface area contributed by atoms with Crippen LogP contribution in [0.4, 0.5) is 14.5 Å². The topological polar surface area (TPSA) is 81.1 Å². The third kappa shape index (κ3) is 4.40. The molecular weight excluding hydrogens is 504 g/mol. The van der Waals surface area contributed by atoms with Crippen molar-refractivity contribution in [2.24, 2.45) is 7.05 Å². The molecule has 1 N–H and O–H groups in total. The second-order valence-corrected chi connectivity index (χ2v) is 11.0. The van der Waals surface area contributed by atoms with E-state index in [4.69, 9.17) is 0 Å². The van der Waals surface area contributed by atoms with E-state index in [-0.39, 0.29) is 11.5 Å². The van der Waals surface area contributed by atoms with Gasteiger partial charge in [-0.3, -0.25) is 14.5 Å². The van der Waals surface area contributed by atoms with Crippen molar-refractivity contribution < 1.29 is 22.0 Å². The summed E-state index contributed by atoms with van der Waals surface area (Å²) in [6.07, 6.45) is 4.73. The number of aryl methyl sites for hydroxylation is 1. The predicted molar refractivity (Wildman–Crippen MR) is 137 cm³/mol. The molecule has 0 saturated carbocycles. The SMILES string of the molecule is CC(=O)c1cn(C)c2ccc(-c3ccc(-c4cncc(NS(=O)(=O)c5ccc(F)cc5F)c4)s3)cc12. The van der Waals surface area contributed by atoms with Crippen molar-refractivity contribution in [3.63, 3.8) is 0 Å². The number of pyridine rings is 1. The quantitative estimate of drug-likeness (QED) is 0.267. The van der Waals surface area contributed by atoms with Crippen LogP contribution in [0.2, 0.25) is 0 Å². The monoisotopic (exact) mass is 523 g/mol. The van der Waals surface area contributed by atoms with Crippen LogP contribution in [-0.2, 0) is 17.1 Å². The summed E-state index contributed by atoms with van der Waals surface area (Å²) in [6.45, 7) is 1.55. The molecule has 0 radical (unpaired) electrons. The van der Waals surface area contributed by atoms with Gasteiger partial charge in [0, 0.05) is 57.3 Å². The van der Waals surface area contributed by atoms with Crippen molar-refractivity contribution in [2.75, 3.05) is 4.72 Å². The number of nitrogens with one attached hydrogen (secondary N) is 1. The van der Waals surface area contributed by atoms with Crippen molar-refractivity contribution in [1.29, 1.82) is 0 Å². The molecular formula is C26H19F2N3O3S2. The molecule has 5 rings (SSSR count). The van der Waals surface area contributed by atoms with Crippen molar-refractivity contribution in [2.45, 2.75) is 11.8 Å². The summed E-state index contributed by atoms with van der Waals surface area (Å²) >= 11 is 1.49. The lowest BCUT2D eigenvalue weighted by atomic mass is 10.1. The Labute approximate surface area is 209 Å². The zero-order valence-corrected chi connectivity index (χ0v) is 20.8. The number of benzene rings is 2. The minimum Gasteiger partial charge on any atom is -0.350 e. The van der Waals surface area contributed by atoms with Crippen LogP contribution in [0.3, 0.4) is 0 Å². The van der Waals surface area contributed by atoms with Crippen LogP contribution in [0.5, 0.6) is 0 Å². The second-order valence-electron chi connectivity index (χ2n) is 8.25. The first kappa shape index (κ1) is 23.8. The van der Waals surface area contributed by atoms with Crippen LogP contribution < -0.4 is 4.72 Å². The summed E-state index contributed by atoms with van der Waals surface area (Å²) in [6, 6.07) is 13.7. The Balaban J connectivity index is 1.45. The molecule has 10 heteroatoms. The first-order valence-corrected chi connectivity index (χ1v) is 13.1. The molecule has 0 saturated heterocycles. The first-order valence-electron chi connectivity index (χ1n) is 10.8. The summed E-state index contributed by atoms with van der Waals surface area (Å²) in [4.78, 5) is 17.3. The summed E-state index contributed by atoms with van der Waals surface area (Å²) < 4.78 is 56.7. The van der Waals surface area contributed by atoms with E-state index in [1.165, 1.54) is 17.5 Å². The highest BCUT2D eigenvalue weighted by molar-refractivity contribution is 7.92. The fourth-order valence-corrected chi connectivity index (χ4v) is 6.09. The molecule has 6 nitrogen and oxygen atoms in total. The lowest BCUT2D eigenvalue weighted by Gasteiger charge is -2.09. The maximum absolute atomic E-state index is 14.0. The number of thiophene rings is 1. The van der Waals surface area contributed by atoms with E-state index in [0.29, 0.717) is 17.2 Å². The third-order valence-corrected chi connectivity index (χ3v) is 8.32. The second kappa shape index (κ2) is 8.96. The van der Waals surface area contributed by atoms with Crippen LogP contribution >= 0.6 is 11.3 Å². The van der Waals surface area contributed by atoms with Gasteiger partial charge in [0.25, 0.3) is 10.0 Å². The molecule has 3 aromatic heterocycles. The number of anilines is 1.